The number of nitrogens with one attached hydrogen (secondary N) is 1. The van der Waals surface area contributed by atoms with E-state index < -0.39 is 12.0 Å². The fourth-order valence-electron chi connectivity index (χ4n) is 1.68. The van der Waals surface area contributed by atoms with Crippen molar-refractivity contribution < 1.29 is 9.90 Å². The highest BCUT2D eigenvalue weighted by Gasteiger charge is 2.12. The van der Waals surface area contributed by atoms with Gasteiger partial charge in [-0.05, 0) is 35.9 Å². The molecule has 2 aromatic carbocycles. The molecule has 1 N–H and O–H groups in total. The molecular weight excluding hydrogens is 285 g/mol. The number of hydrogen-bond donors (Lipinski definition) is 1. The monoisotopic (exact) mass is 294 g/mol. The van der Waals surface area contributed by atoms with Crippen molar-refractivity contribution in [3.63, 3.8) is 0 Å². The maximum absolute atomic E-state index is 11.2. The second kappa shape index (κ2) is 5.95. The number of carboxylic acids is 1. The van der Waals surface area contributed by atoms with E-state index in [9.17, 15) is 9.90 Å². The Morgan fingerprint density at radius 3 is 2.32 bits per heavy atom. The predicted octanol–water partition coefficient (Wildman–Crippen LogP) is 2.90. The van der Waals surface area contributed by atoms with E-state index >= 15 is 0 Å². The van der Waals surface area contributed by atoms with Crippen LogP contribution in [0.5, 0.6) is 0 Å². The van der Waals surface area contributed by atoms with Crippen molar-refractivity contribution in [3.8, 4) is 0 Å². The van der Waals surface area contributed by atoms with Crippen LogP contribution < -0.4 is 10.4 Å². The second-order valence-corrected chi connectivity index (χ2v) is 4.83. The van der Waals surface area contributed by atoms with Crippen molar-refractivity contribution in [2.45, 2.75) is 6.04 Å². The summed E-state index contributed by atoms with van der Waals surface area (Å²) in [6.45, 7) is 0. The Labute approximate surface area is 120 Å². The molecule has 98 valence electrons. The lowest BCUT2D eigenvalue weighted by molar-refractivity contribution is -0.307. The van der Waals surface area contributed by atoms with Crippen molar-refractivity contribution in [3.05, 3.63) is 64.1 Å². The van der Waals surface area contributed by atoms with Gasteiger partial charge in [-0.25, -0.2) is 0 Å². The summed E-state index contributed by atoms with van der Waals surface area (Å²) in [6, 6.07) is 12.4. The number of hydrogen-bond acceptors (Lipinski definition) is 3. The molecule has 0 aliphatic rings. The fourth-order valence-corrected chi connectivity index (χ4v) is 1.99. The van der Waals surface area contributed by atoms with E-state index in [1.54, 1.807) is 48.5 Å². The number of anilines is 1. The lowest BCUT2D eigenvalue weighted by atomic mass is 10.1. The van der Waals surface area contributed by atoms with Crippen molar-refractivity contribution in [1.29, 1.82) is 0 Å². The van der Waals surface area contributed by atoms with Crippen LogP contribution in [0.1, 0.15) is 11.6 Å². The summed E-state index contributed by atoms with van der Waals surface area (Å²) in [4.78, 5) is 11.2. The van der Waals surface area contributed by atoms with Gasteiger partial charge in [-0.2, -0.15) is 0 Å². The molecule has 2 rings (SSSR count). The molecule has 0 radical (unpaired) electrons. The van der Waals surface area contributed by atoms with Crippen LogP contribution in [0.3, 0.4) is 0 Å². The molecular formula is C14H10Cl2NO2-. The molecule has 0 spiro atoms. The summed E-state index contributed by atoms with van der Waals surface area (Å²) < 4.78 is 0. The Kier molecular flexibility index (Phi) is 4.30. The number of benzene rings is 2. The van der Waals surface area contributed by atoms with Gasteiger partial charge in [0.15, 0.2) is 0 Å². The number of aliphatic carboxylic acids is 1. The molecule has 1 atom stereocenters. The fraction of sp³-hybridized carbons (Fsp3) is 0.0714. The van der Waals surface area contributed by atoms with Gasteiger partial charge in [0.2, 0.25) is 0 Å². The predicted molar refractivity (Wildman–Crippen MR) is 74.3 cm³/mol. The van der Waals surface area contributed by atoms with E-state index in [0.717, 1.165) is 0 Å². The lowest BCUT2D eigenvalue weighted by Crippen LogP contribution is -2.34. The largest absolute Gasteiger partial charge is 0.548 e. The average molecular weight is 295 g/mol. The zero-order valence-corrected chi connectivity index (χ0v) is 11.3. The van der Waals surface area contributed by atoms with Gasteiger partial charge in [0, 0.05) is 15.7 Å². The molecule has 0 aromatic heterocycles. The standard InChI is InChI=1S/C14H11Cl2NO2/c15-10-6-4-9(5-7-10)13(14(18)19)17-12-3-1-2-11(16)8-12/h1-8,13,17H,(H,18,19)/p-1/t13-/m0/s1. The molecule has 2 aromatic rings. The quantitative estimate of drug-likeness (QED) is 0.943. The van der Waals surface area contributed by atoms with Gasteiger partial charge >= 0.3 is 0 Å². The second-order valence-electron chi connectivity index (χ2n) is 3.96. The Hall–Kier alpha value is -1.71. The molecule has 0 fully saturated rings. The molecule has 0 aliphatic carbocycles. The number of carbonyl (C=O) groups excluding carboxylic acids is 1. The molecule has 0 amide bonds. The molecule has 0 unspecified atom stereocenters. The van der Waals surface area contributed by atoms with Gasteiger partial charge in [0.1, 0.15) is 0 Å². The van der Waals surface area contributed by atoms with E-state index in [2.05, 4.69) is 5.32 Å². The van der Waals surface area contributed by atoms with Crippen LogP contribution in [0.15, 0.2) is 48.5 Å². The highest BCUT2D eigenvalue weighted by Crippen LogP contribution is 2.23. The first kappa shape index (κ1) is 13.7. The van der Waals surface area contributed by atoms with Gasteiger partial charge in [-0.1, -0.05) is 41.4 Å². The third-order valence-corrected chi connectivity index (χ3v) is 3.06. The van der Waals surface area contributed by atoms with Gasteiger partial charge in [-0.3, -0.25) is 0 Å². The third kappa shape index (κ3) is 3.63. The van der Waals surface area contributed by atoms with Crippen molar-refractivity contribution in [1.82, 2.24) is 0 Å². The summed E-state index contributed by atoms with van der Waals surface area (Å²) in [5, 5.41) is 15.2. The smallest absolute Gasteiger partial charge is 0.0912 e. The molecule has 5 heteroatoms. The van der Waals surface area contributed by atoms with E-state index in [1.165, 1.54) is 0 Å². The SMILES string of the molecule is O=C([O-])[C@@H](Nc1cccc(Cl)c1)c1ccc(Cl)cc1. The number of carboxylic acid groups (broad SMARTS) is 1. The van der Waals surface area contributed by atoms with E-state index in [4.69, 9.17) is 23.2 Å². The minimum Gasteiger partial charge on any atom is -0.548 e. The third-order valence-electron chi connectivity index (χ3n) is 2.57. The summed E-state index contributed by atoms with van der Waals surface area (Å²) in [6.07, 6.45) is 0. The Balaban J connectivity index is 2.26. The van der Waals surface area contributed by atoms with Crippen LogP contribution in [0.4, 0.5) is 5.69 Å². The molecule has 3 nitrogen and oxygen atoms in total. The van der Waals surface area contributed by atoms with Crippen LogP contribution in [0, 0.1) is 0 Å². The van der Waals surface area contributed by atoms with Crippen molar-refractivity contribution in [2.24, 2.45) is 0 Å². The van der Waals surface area contributed by atoms with Gasteiger partial charge in [-0.15, -0.1) is 0 Å². The molecule has 0 saturated heterocycles. The van der Waals surface area contributed by atoms with Gasteiger partial charge < -0.3 is 15.2 Å². The number of halogens is 2. The number of carbonyl (C=O) groups is 1. The lowest BCUT2D eigenvalue weighted by Gasteiger charge is -2.21. The summed E-state index contributed by atoms with van der Waals surface area (Å²) in [7, 11) is 0. The highest BCUT2D eigenvalue weighted by molar-refractivity contribution is 6.31. The van der Waals surface area contributed by atoms with Crippen LogP contribution in [0.25, 0.3) is 0 Å². The Morgan fingerprint density at radius 2 is 1.74 bits per heavy atom. The molecule has 19 heavy (non-hydrogen) atoms. The molecule has 0 saturated carbocycles. The van der Waals surface area contributed by atoms with Crippen molar-refractivity contribution in [2.75, 3.05) is 5.32 Å². The maximum atomic E-state index is 11.2. The minimum absolute atomic E-state index is 0.526. The highest BCUT2D eigenvalue weighted by atomic mass is 35.5. The molecule has 0 bridgehead atoms. The normalized spacial score (nSPS) is 11.9. The van der Waals surface area contributed by atoms with Gasteiger partial charge in [0.25, 0.3) is 0 Å². The topological polar surface area (TPSA) is 52.2 Å². The van der Waals surface area contributed by atoms with Crippen LogP contribution in [0.2, 0.25) is 10.0 Å². The van der Waals surface area contributed by atoms with Crippen LogP contribution >= 0.6 is 23.2 Å². The van der Waals surface area contributed by atoms with Gasteiger partial charge in [0.05, 0.1) is 12.0 Å². The molecule has 0 heterocycles. The number of rotatable bonds is 4. The average Bonchev–Trinajstić information content (AvgIpc) is 2.37. The van der Waals surface area contributed by atoms with E-state index in [-0.39, 0.29) is 0 Å². The summed E-state index contributed by atoms with van der Waals surface area (Å²) in [5.41, 5.74) is 1.17. The first-order valence-electron chi connectivity index (χ1n) is 5.54. The van der Waals surface area contributed by atoms with Crippen LogP contribution in [-0.4, -0.2) is 5.97 Å². The van der Waals surface area contributed by atoms with Crippen molar-refractivity contribution >= 4 is 34.9 Å². The maximum Gasteiger partial charge on any atom is 0.0912 e. The van der Waals surface area contributed by atoms with E-state index in [0.29, 0.717) is 21.3 Å². The zero-order valence-electron chi connectivity index (χ0n) is 9.77. The van der Waals surface area contributed by atoms with Crippen LogP contribution in [-0.2, 0) is 4.79 Å². The Bertz CT molecular complexity index is 584. The minimum atomic E-state index is -1.22. The first-order chi connectivity index (χ1) is 9.06. The zero-order chi connectivity index (χ0) is 13.8. The van der Waals surface area contributed by atoms with E-state index in [1.807, 2.05) is 0 Å². The summed E-state index contributed by atoms with van der Waals surface area (Å²) >= 11 is 11.6. The molecule has 0 aliphatic heterocycles. The first-order valence-corrected chi connectivity index (χ1v) is 6.30. The Morgan fingerprint density at radius 1 is 1.05 bits per heavy atom. The summed E-state index contributed by atoms with van der Waals surface area (Å²) in [5.74, 6) is -1.22.